The lowest BCUT2D eigenvalue weighted by Crippen LogP contribution is -2.50. The van der Waals surface area contributed by atoms with Crippen molar-refractivity contribution in [2.24, 2.45) is 0 Å². The zero-order valence-corrected chi connectivity index (χ0v) is 16.2. The highest BCUT2D eigenvalue weighted by Crippen LogP contribution is 2.25. The van der Waals surface area contributed by atoms with Crippen LogP contribution in [0, 0.1) is 6.92 Å². The van der Waals surface area contributed by atoms with Gasteiger partial charge in [-0.2, -0.15) is 0 Å². The minimum atomic E-state index is -0.489. The molecule has 1 aromatic heterocycles. The lowest BCUT2D eigenvalue weighted by atomic mass is 10.1. The normalized spacial score (nSPS) is 17.6. The van der Waals surface area contributed by atoms with Crippen LogP contribution in [0.2, 0.25) is 5.02 Å². The van der Waals surface area contributed by atoms with Crippen molar-refractivity contribution in [2.45, 2.75) is 38.8 Å². The number of aromatic nitrogens is 1. The lowest BCUT2D eigenvalue weighted by Gasteiger charge is -2.25. The summed E-state index contributed by atoms with van der Waals surface area (Å²) in [5, 5.41) is 7.76. The van der Waals surface area contributed by atoms with Crippen LogP contribution < -0.4 is 15.5 Å². The molecule has 1 aliphatic rings. The first-order valence-electron chi connectivity index (χ1n) is 8.35. The highest BCUT2D eigenvalue weighted by atomic mass is 35.5. The van der Waals surface area contributed by atoms with Crippen LogP contribution in [0.4, 0.5) is 10.5 Å². The van der Waals surface area contributed by atoms with E-state index in [1.807, 2.05) is 51.2 Å². The molecule has 7 heteroatoms. The number of halogens is 1. The van der Waals surface area contributed by atoms with Gasteiger partial charge in [0.2, 0.25) is 0 Å². The van der Waals surface area contributed by atoms with Crippen molar-refractivity contribution in [1.82, 2.24) is 15.6 Å². The number of thiazole rings is 1. The molecule has 0 bridgehead atoms. The van der Waals surface area contributed by atoms with Crippen molar-refractivity contribution in [3.05, 3.63) is 45.4 Å². The van der Waals surface area contributed by atoms with Gasteiger partial charge in [-0.1, -0.05) is 11.6 Å². The number of rotatable bonds is 4. The Labute approximate surface area is 157 Å². The maximum Gasteiger partial charge on any atom is 0.315 e. The summed E-state index contributed by atoms with van der Waals surface area (Å²) < 4.78 is 0. The first-order chi connectivity index (χ1) is 11.8. The van der Waals surface area contributed by atoms with Gasteiger partial charge in [-0.05, 0) is 51.5 Å². The van der Waals surface area contributed by atoms with Crippen LogP contribution in [0.25, 0.3) is 0 Å². The summed E-state index contributed by atoms with van der Waals surface area (Å²) in [5.41, 5.74) is 0.644. The number of nitrogens with one attached hydrogen (secondary N) is 2. The van der Waals surface area contributed by atoms with Gasteiger partial charge in [0.15, 0.2) is 0 Å². The number of anilines is 1. The summed E-state index contributed by atoms with van der Waals surface area (Å²) in [7, 11) is 0. The molecular formula is C18H23ClN4OS. The summed E-state index contributed by atoms with van der Waals surface area (Å²) in [5.74, 6) is 0. The van der Waals surface area contributed by atoms with E-state index in [1.165, 1.54) is 0 Å². The molecule has 1 aliphatic heterocycles. The molecule has 1 unspecified atom stereocenters. The average Bonchev–Trinajstić information content (AvgIpc) is 3.17. The van der Waals surface area contributed by atoms with Crippen molar-refractivity contribution in [3.8, 4) is 0 Å². The largest absolute Gasteiger partial charge is 0.369 e. The van der Waals surface area contributed by atoms with Crippen LogP contribution in [0.5, 0.6) is 0 Å². The average molecular weight is 379 g/mol. The Morgan fingerprint density at radius 2 is 2.08 bits per heavy atom. The van der Waals surface area contributed by atoms with Crippen LogP contribution >= 0.6 is 22.9 Å². The van der Waals surface area contributed by atoms with E-state index >= 15 is 0 Å². The summed E-state index contributed by atoms with van der Waals surface area (Å²) >= 11 is 7.55. The molecule has 1 saturated heterocycles. The highest BCUT2D eigenvalue weighted by molar-refractivity contribution is 7.11. The number of nitrogens with zero attached hydrogens (tertiary/aromatic N) is 2. The summed E-state index contributed by atoms with van der Waals surface area (Å²) in [6.07, 6.45) is 2.76. The maximum atomic E-state index is 12.4. The Balaban J connectivity index is 1.54. The van der Waals surface area contributed by atoms with Crippen LogP contribution in [-0.2, 0) is 5.54 Å². The van der Waals surface area contributed by atoms with Gasteiger partial charge >= 0.3 is 6.03 Å². The molecule has 1 atom stereocenters. The van der Waals surface area contributed by atoms with Gasteiger partial charge in [0.05, 0.1) is 5.54 Å². The SMILES string of the molecule is Cc1cnc(C(C)(C)NC(=O)NC2CCN(c3ccc(Cl)cc3)C2)s1. The minimum absolute atomic E-state index is 0.129. The predicted molar refractivity (Wildman–Crippen MR) is 104 cm³/mol. The Kier molecular flexibility index (Phi) is 5.20. The van der Waals surface area contributed by atoms with Crippen LogP contribution in [0.1, 0.15) is 30.2 Å². The lowest BCUT2D eigenvalue weighted by molar-refractivity contribution is 0.227. The van der Waals surface area contributed by atoms with E-state index in [2.05, 4.69) is 20.5 Å². The van der Waals surface area contributed by atoms with Crippen molar-refractivity contribution < 1.29 is 4.79 Å². The molecule has 2 heterocycles. The predicted octanol–water partition coefficient (Wildman–Crippen LogP) is 3.92. The molecule has 2 amide bonds. The summed E-state index contributed by atoms with van der Waals surface area (Å²) in [6.45, 7) is 7.67. The van der Waals surface area contributed by atoms with E-state index in [-0.39, 0.29) is 12.1 Å². The molecule has 134 valence electrons. The van der Waals surface area contributed by atoms with Crippen molar-refractivity contribution in [2.75, 3.05) is 18.0 Å². The molecule has 3 rings (SSSR count). The third-order valence-electron chi connectivity index (χ3n) is 4.30. The van der Waals surface area contributed by atoms with Gasteiger partial charge in [-0.15, -0.1) is 11.3 Å². The smallest absolute Gasteiger partial charge is 0.315 e. The van der Waals surface area contributed by atoms with Crippen LogP contribution in [0.3, 0.4) is 0 Å². The number of urea groups is 1. The Bertz CT molecular complexity index is 744. The number of amides is 2. The summed E-state index contributed by atoms with van der Waals surface area (Å²) in [6, 6.07) is 7.79. The number of hydrogen-bond donors (Lipinski definition) is 2. The fraction of sp³-hybridized carbons (Fsp3) is 0.444. The second kappa shape index (κ2) is 7.22. The van der Waals surface area contributed by atoms with E-state index in [9.17, 15) is 4.79 Å². The number of carbonyl (C=O) groups is 1. The van der Waals surface area contributed by atoms with E-state index in [0.717, 1.165) is 40.1 Å². The Morgan fingerprint density at radius 3 is 2.72 bits per heavy atom. The minimum Gasteiger partial charge on any atom is -0.369 e. The van der Waals surface area contributed by atoms with E-state index in [0.29, 0.717) is 0 Å². The van der Waals surface area contributed by atoms with E-state index in [4.69, 9.17) is 11.6 Å². The van der Waals surface area contributed by atoms with Gasteiger partial charge in [0, 0.05) is 40.9 Å². The molecule has 1 fully saturated rings. The van der Waals surface area contributed by atoms with Crippen molar-refractivity contribution >= 4 is 34.7 Å². The molecule has 0 spiro atoms. The third kappa shape index (κ3) is 4.44. The first kappa shape index (κ1) is 18.0. The maximum absolute atomic E-state index is 12.4. The molecule has 0 radical (unpaired) electrons. The molecular weight excluding hydrogens is 356 g/mol. The summed E-state index contributed by atoms with van der Waals surface area (Å²) in [4.78, 5) is 20.2. The number of hydrogen-bond acceptors (Lipinski definition) is 4. The zero-order chi connectivity index (χ0) is 18.0. The fourth-order valence-corrected chi connectivity index (χ4v) is 3.91. The van der Waals surface area contributed by atoms with Crippen molar-refractivity contribution in [3.63, 3.8) is 0 Å². The number of aryl methyl sites for hydroxylation is 1. The van der Waals surface area contributed by atoms with Crippen molar-refractivity contribution in [1.29, 1.82) is 0 Å². The first-order valence-corrected chi connectivity index (χ1v) is 9.55. The second-order valence-electron chi connectivity index (χ2n) is 6.91. The molecule has 2 N–H and O–H groups in total. The quantitative estimate of drug-likeness (QED) is 0.847. The molecule has 5 nitrogen and oxygen atoms in total. The molecule has 0 aliphatic carbocycles. The number of carbonyl (C=O) groups excluding carboxylic acids is 1. The Hall–Kier alpha value is -1.79. The fourth-order valence-electron chi connectivity index (χ4n) is 2.97. The van der Waals surface area contributed by atoms with Gasteiger partial charge in [0.1, 0.15) is 5.01 Å². The van der Waals surface area contributed by atoms with Gasteiger partial charge in [-0.3, -0.25) is 0 Å². The van der Waals surface area contributed by atoms with E-state index < -0.39 is 5.54 Å². The van der Waals surface area contributed by atoms with Gasteiger partial charge in [-0.25, -0.2) is 9.78 Å². The topological polar surface area (TPSA) is 57.3 Å². The highest BCUT2D eigenvalue weighted by Gasteiger charge is 2.29. The molecule has 1 aromatic carbocycles. The van der Waals surface area contributed by atoms with Gasteiger partial charge < -0.3 is 15.5 Å². The van der Waals surface area contributed by atoms with Crippen LogP contribution in [0.15, 0.2) is 30.5 Å². The molecule has 25 heavy (non-hydrogen) atoms. The van der Waals surface area contributed by atoms with Gasteiger partial charge in [0.25, 0.3) is 0 Å². The van der Waals surface area contributed by atoms with Crippen LogP contribution in [-0.4, -0.2) is 30.1 Å². The Morgan fingerprint density at radius 1 is 1.36 bits per heavy atom. The third-order valence-corrected chi connectivity index (χ3v) is 5.79. The van der Waals surface area contributed by atoms with E-state index in [1.54, 1.807) is 11.3 Å². The zero-order valence-electron chi connectivity index (χ0n) is 14.7. The standard InChI is InChI=1S/C18H23ClN4OS/c1-12-10-20-16(25-12)18(2,3)22-17(24)21-14-8-9-23(11-14)15-6-4-13(19)5-7-15/h4-7,10,14H,8-9,11H2,1-3H3,(H2,21,22,24). The second-order valence-corrected chi connectivity index (χ2v) is 8.58. The molecule has 2 aromatic rings. The monoisotopic (exact) mass is 378 g/mol. The number of benzene rings is 1. The molecule has 0 saturated carbocycles.